The molecule has 1 saturated heterocycles. The van der Waals surface area contributed by atoms with Crippen molar-refractivity contribution in [3.8, 4) is 0 Å². The summed E-state index contributed by atoms with van der Waals surface area (Å²) in [4.78, 5) is 4.88. The van der Waals surface area contributed by atoms with E-state index in [1.54, 1.807) is 0 Å². The van der Waals surface area contributed by atoms with E-state index < -0.39 is 0 Å². The quantitative estimate of drug-likeness (QED) is 0.882. The minimum Gasteiger partial charge on any atom is -0.466 e. The lowest BCUT2D eigenvalue weighted by Crippen LogP contribution is -2.50. The van der Waals surface area contributed by atoms with Gasteiger partial charge in [-0.2, -0.15) is 0 Å². The summed E-state index contributed by atoms with van der Waals surface area (Å²) in [7, 11) is 0. The van der Waals surface area contributed by atoms with Gasteiger partial charge in [0.1, 0.15) is 11.5 Å². The van der Waals surface area contributed by atoms with Crippen LogP contribution in [0.25, 0.3) is 0 Å². The molecule has 4 nitrogen and oxygen atoms in total. The number of aliphatic hydroxyl groups is 1. The molecule has 1 fully saturated rings. The molecule has 0 radical (unpaired) electrons. The average Bonchev–Trinajstić information content (AvgIpc) is 2.71. The van der Waals surface area contributed by atoms with Gasteiger partial charge in [0.05, 0.1) is 6.61 Å². The third kappa shape index (κ3) is 3.59. The van der Waals surface area contributed by atoms with Crippen LogP contribution in [0.3, 0.4) is 0 Å². The van der Waals surface area contributed by atoms with E-state index >= 15 is 0 Å². The van der Waals surface area contributed by atoms with E-state index in [1.165, 1.54) is 5.56 Å². The number of hydrogen-bond donors (Lipinski definition) is 1. The van der Waals surface area contributed by atoms with Gasteiger partial charge in [-0.25, -0.2) is 0 Å². The van der Waals surface area contributed by atoms with E-state index in [1.807, 2.05) is 13.8 Å². The third-order valence-corrected chi connectivity index (χ3v) is 4.14. The minimum atomic E-state index is 0.274. The maximum absolute atomic E-state index is 9.35. The standard InChI is InChI=1S/C15H26N2O2/c1-4-15(11-18)17-7-5-16(6-8-17)10-14-9-12(2)19-13(14)3/h9,15,18H,4-8,10-11H2,1-3H3. The fourth-order valence-electron chi connectivity index (χ4n) is 2.87. The van der Waals surface area contributed by atoms with E-state index in [4.69, 9.17) is 4.42 Å². The summed E-state index contributed by atoms with van der Waals surface area (Å²) in [6, 6.07) is 2.48. The highest BCUT2D eigenvalue weighted by molar-refractivity contribution is 5.20. The molecule has 0 spiro atoms. The molecule has 108 valence electrons. The van der Waals surface area contributed by atoms with Crippen LogP contribution in [0.5, 0.6) is 0 Å². The normalized spacial score (nSPS) is 19.8. The first-order valence-corrected chi connectivity index (χ1v) is 7.27. The maximum Gasteiger partial charge on any atom is 0.105 e. The number of furan rings is 1. The van der Waals surface area contributed by atoms with Gasteiger partial charge in [-0.3, -0.25) is 9.80 Å². The summed E-state index contributed by atoms with van der Waals surface area (Å²) in [5.74, 6) is 2.04. The van der Waals surface area contributed by atoms with Crippen LogP contribution in [0.1, 0.15) is 30.4 Å². The highest BCUT2D eigenvalue weighted by Gasteiger charge is 2.22. The Balaban J connectivity index is 1.85. The molecule has 0 saturated carbocycles. The molecule has 1 unspecified atom stereocenters. The van der Waals surface area contributed by atoms with Crippen LogP contribution in [0.2, 0.25) is 0 Å². The van der Waals surface area contributed by atoms with Gasteiger partial charge in [0.15, 0.2) is 0 Å². The molecule has 1 aromatic rings. The Kier molecular flexibility index (Phi) is 5.02. The van der Waals surface area contributed by atoms with Crippen molar-refractivity contribution in [1.82, 2.24) is 9.80 Å². The van der Waals surface area contributed by atoms with E-state index in [-0.39, 0.29) is 6.61 Å². The lowest BCUT2D eigenvalue weighted by molar-refractivity contribution is 0.0607. The topological polar surface area (TPSA) is 39.9 Å². The molecular weight excluding hydrogens is 240 g/mol. The largest absolute Gasteiger partial charge is 0.466 e. The van der Waals surface area contributed by atoms with E-state index in [9.17, 15) is 5.11 Å². The van der Waals surface area contributed by atoms with Crippen molar-refractivity contribution < 1.29 is 9.52 Å². The first-order chi connectivity index (χ1) is 9.13. The smallest absolute Gasteiger partial charge is 0.105 e. The molecule has 0 amide bonds. The molecule has 2 rings (SSSR count). The predicted octanol–water partition coefficient (Wildman–Crippen LogP) is 1.78. The monoisotopic (exact) mass is 266 g/mol. The van der Waals surface area contributed by atoms with Crippen molar-refractivity contribution >= 4 is 0 Å². The molecule has 1 atom stereocenters. The molecule has 4 heteroatoms. The average molecular weight is 266 g/mol. The zero-order valence-electron chi connectivity index (χ0n) is 12.4. The Hall–Kier alpha value is -0.840. The van der Waals surface area contributed by atoms with Crippen LogP contribution in [-0.4, -0.2) is 53.7 Å². The Morgan fingerprint density at radius 2 is 1.95 bits per heavy atom. The number of nitrogens with zero attached hydrogens (tertiary/aromatic N) is 2. The van der Waals surface area contributed by atoms with Crippen molar-refractivity contribution in [1.29, 1.82) is 0 Å². The third-order valence-electron chi connectivity index (χ3n) is 4.14. The zero-order chi connectivity index (χ0) is 13.8. The molecule has 0 aromatic carbocycles. The molecule has 1 aromatic heterocycles. The van der Waals surface area contributed by atoms with Crippen LogP contribution in [0.15, 0.2) is 10.5 Å². The molecule has 1 aliphatic rings. The molecule has 1 aliphatic heterocycles. The minimum absolute atomic E-state index is 0.274. The summed E-state index contributed by atoms with van der Waals surface area (Å²) in [5.41, 5.74) is 1.31. The Labute approximate surface area is 116 Å². The van der Waals surface area contributed by atoms with Gasteiger partial charge in [-0.15, -0.1) is 0 Å². The van der Waals surface area contributed by atoms with Crippen molar-refractivity contribution in [2.75, 3.05) is 32.8 Å². The van der Waals surface area contributed by atoms with Crippen LogP contribution in [0, 0.1) is 13.8 Å². The summed E-state index contributed by atoms with van der Waals surface area (Å²) < 4.78 is 5.58. The van der Waals surface area contributed by atoms with Gasteiger partial charge in [-0.05, 0) is 26.3 Å². The van der Waals surface area contributed by atoms with Gasteiger partial charge in [0, 0.05) is 44.3 Å². The van der Waals surface area contributed by atoms with Gasteiger partial charge in [0.25, 0.3) is 0 Å². The summed E-state index contributed by atoms with van der Waals surface area (Å²) in [6.07, 6.45) is 1.02. The highest BCUT2D eigenvalue weighted by Crippen LogP contribution is 2.17. The van der Waals surface area contributed by atoms with E-state index in [0.717, 1.165) is 50.7 Å². The Morgan fingerprint density at radius 1 is 1.26 bits per heavy atom. The molecular formula is C15H26N2O2. The first kappa shape index (κ1) is 14.6. The second-order valence-corrected chi connectivity index (χ2v) is 5.50. The van der Waals surface area contributed by atoms with Crippen molar-refractivity contribution in [3.63, 3.8) is 0 Å². The van der Waals surface area contributed by atoms with Crippen molar-refractivity contribution in [3.05, 3.63) is 23.2 Å². The highest BCUT2D eigenvalue weighted by atomic mass is 16.3. The van der Waals surface area contributed by atoms with Crippen LogP contribution < -0.4 is 0 Å². The van der Waals surface area contributed by atoms with Crippen molar-refractivity contribution in [2.24, 2.45) is 0 Å². The number of hydrogen-bond acceptors (Lipinski definition) is 4. The molecule has 0 bridgehead atoms. The molecule has 0 aliphatic carbocycles. The second kappa shape index (κ2) is 6.55. The number of rotatable bonds is 5. The molecule has 1 N–H and O–H groups in total. The van der Waals surface area contributed by atoms with Gasteiger partial charge < -0.3 is 9.52 Å². The van der Waals surface area contributed by atoms with Gasteiger partial charge in [-0.1, -0.05) is 6.92 Å². The summed E-state index contributed by atoms with van der Waals surface area (Å²) in [6.45, 7) is 11.7. The zero-order valence-corrected chi connectivity index (χ0v) is 12.4. The fourth-order valence-corrected chi connectivity index (χ4v) is 2.87. The first-order valence-electron chi connectivity index (χ1n) is 7.27. The van der Waals surface area contributed by atoms with Crippen LogP contribution in [-0.2, 0) is 6.54 Å². The van der Waals surface area contributed by atoms with E-state index in [2.05, 4.69) is 22.8 Å². The maximum atomic E-state index is 9.35. The van der Waals surface area contributed by atoms with Gasteiger partial charge in [0.2, 0.25) is 0 Å². The lowest BCUT2D eigenvalue weighted by atomic mass is 10.1. The number of aliphatic hydroxyl groups excluding tert-OH is 1. The Morgan fingerprint density at radius 3 is 2.42 bits per heavy atom. The summed E-state index contributed by atoms with van der Waals surface area (Å²) in [5, 5.41) is 9.35. The lowest BCUT2D eigenvalue weighted by Gasteiger charge is -2.38. The predicted molar refractivity (Wildman–Crippen MR) is 76.2 cm³/mol. The Bertz CT molecular complexity index is 391. The second-order valence-electron chi connectivity index (χ2n) is 5.50. The van der Waals surface area contributed by atoms with Crippen molar-refractivity contribution in [2.45, 2.75) is 39.8 Å². The van der Waals surface area contributed by atoms with Crippen LogP contribution in [0.4, 0.5) is 0 Å². The number of piperazine rings is 1. The van der Waals surface area contributed by atoms with Crippen LogP contribution >= 0.6 is 0 Å². The SMILES string of the molecule is CCC(CO)N1CCN(Cc2cc(C)oc2C)CC1. The number of aryl methyl sites for hydroxylation is 2. The molecule has 2 heterocycles. The molecule has 19 heavy (non-hydrogen) atoms. The van der Waals surface area contributed by atoms with Gasteiger partial charge >= 0.3 is 0 Å². The fraction of sp³-hybridized carbons (Fsp3) is 0.733. The summed E-state index contributed by atoms with van der Waals surface area (Å²) >= 11 is 0. The van der Waals surface area contributed by atoms with E-state index in [0.29, 0.717) is 6.04 Å².